The lowest BCUT2D eigenvalue weighted by atomic mass is 9.97. The van der Waals surface area contributed by atoms with Crippen molar-refractivity contribution in [2.24, 2.45) is 0 Å². The fraction of sp³-hybridized carbons (Fsp3) is 0.353. The predicted octanol–water partition coefficient (Wildman–Crippen LogP) is 7.52. The summed E-state index contributed by atoms with van der Waals surface area (Å²) in [6.45, 7) is 7.30. The van der Waals surface area contributed by atoms with Crippen molar-refractivity contribution in [3.63, 3.8) is 0 Å². The summed E-state index contributed by atoms with van der Waals surface area (Å²) in [6, 6.07) is 16.0. The van der Waals surface area contributed by atoms with Gasteiger partial charge in [0.2, 0.25) is 5.76 Å². The number of rotatable bonds is 12. The van der Waals surface area contributed by atoms with Gasteiger partial charge in [0.15, 0.2) is 16.9 Å². The molecule has 220 valence electrons. The second-order valence-corrected chi connectivity index (χ2v) is 10.9. The van der Waals surface area contributed by atoms with Gasteiger partial charge in [0.05, 0.1) is 37.3 Å². The first-order chi connectivity index (χ1) is 20.4. The molecule has 0 bridgehead atoms. The highest BCUT2D eigenvalue weighted by Gasteiger charge is 2.43. The number of aryl methyl sites for hydroxylation is 1. The molecule has 1 atom stereocenters. The van der Waals surface area contributed by atoms with E-state index < -0.39 is 6.04 Å². The van der Waals surface area contributed by atoms with Crippen LogP contribution in [0.1, 0.15) is 72.0 Å². The number of carbonyl (C=O) groups excluding carboxylic acids is 1. The third kappa shape index (κ3) is 5.84. The van der Waals surface area contributed by atoms with Crippen LogP contribution in [0.5, 0.6) is 17.2 Å². The van der Waals surface area contributed by atoms with Gasteiger partial charge < -0.3 is 23.5 Å². The zero-order chi connectivity index (χ0) is 29.8. The highest BCUT2D eigenvalue weighted by molar-refractivity contribution is 6.32. The zero-order valence-electron chi connectivity index (χ0n) is 24.5. The fourth-order valence-electron chi connectivity index (χ4n) is 5.38. The van der Waals surface area contributed by atoms with E-state index in [1.165, 1.54) is 0 Å². The van der Waals surface area contributed by atoms with Gasteiger partial charge in [-0.3, -0.25) is 9.59 Å². The summed E-state index contributed by atoms with van der Waals surface area (Å²) in [6.07, 6.45) is 3.71. The van der Waals surface area contributed by atoms with Gasteiger partial charge in [0, 0.05) is 11.6 Å². The monoisotopic (exact) mass is 589 g/mol. The van der Waals surface area contributed by atoms with Crippen molar-refractivity contribution in [2.45, 2.75) is 52.5 Å². The molecule has 1 aliphatic rings. The Morgan fingerprint density at radius 3 is 2.45 bits per heavy atom. The number of methoxy groups -OCH3 is 1. The Morgan fingerprint density at radius 2 is 1.74 bits per heavy atom. The van der Waals surface area contributed by atoms with Gasteiger partial charge in [-0.05, 0) is 79.8 Å². The molecule has 1 aliphatic heterocycles. The van der Waals surface area contributed by atoms with Crippen molar-refractivity contribution in [1.29, 1.82) is 0 Å². The number of halogens is 1. The average Bonchev–Trinajstić information content (AvgIpc) is 3.27. The number of carbonyl (C=O) groups is 1. The largest absolute Gasteiger partial charge is 0.497 e. The van der Waals surface area contributed by atoms with Crippen molar-refractivity contribution >= 4 is 28.5 Å². The molecule has 1 aromatic heterocycles. The number of amides is 1. The van der Waals surface area contributed by atoms with Crippen LogP contribution in [-0.4, -0.2) is 37.7 Å². The Hall–Kier alpha value is -3.97. The molecule has 0 N–H and O–H groups in total. The maximum absolute atomic E-state index is 14.0. The van der Waals surface area contributed by atoms with Crippen LogP contribution in [0.3, 0.4) is 0 Å². The normalized spacial score (nSPS) is 14.4. The molecule has 0 saturated carbocycles. The van der Waals surface area contributed by atoms with Crippen LogP contribution < -0.4 is 19.6 Å². The van der Waals surface area contributed by atoms with E-state index in [1.54, 1.807) is 24.1 Å². The highest BCUT2D eigenvalue weighted by atomic mass is 35.5. The summed E-state index contributed by atoms with van der Waals surface area (Å²) in [5, 5.41) is 0.815. The van der Waals surface area contributed by atoms with Gasteiger partial charge in [-0.2, -0.15) is 0 Å². The lowest BCUT2D eigenvalue weighted by molar-refractivity contribution is 0.0729. The van der Waals surface area contributed by atoms with Crippen LogP contribution in [0.25, 0.3) is 11.0 Å². The second-order valence-electron chi connectivity index (χ2n) is 10.5. The van der Waals surface area contributed by atoms with E-state index in [-0.39, 0.29) is 17.1 Å². The maximum atomic E-state index is 14.0. The number of hydrogen-bond acceptors (Lipinski definition) is 6. The summed E-state index contributed by atoms with van der Waals surface area (Å²) in [5.74, 6) is 1.71. The summed E-state index contributed by atoms with van der Waals surface area (Å²) in [7, 11) is 1.63. The third-order valence-corrected chi connectivity index (χ3v) is 8.04. The van der Waals surface area contributed by atoms with E-state index in [9.17, 15) is 9.59 Å². The first-order valence-electron chi connectivity index (χ1n) is 14.5. The minimum absolute atomic E-state index is 0.0619. The van der Waals surface area contributed by atoms with Gasteiger partial charge in [-0.1, -0.05) is 49.6 Å². The second kappa shape index (κ2) is 12.9. The van der Waals surface area contributed by atoms with Crippen LogP contribution in [0.15, 0.2) is 63.8 Å². The summed E-state index contributed by atoms with van der Waals surface area (Å²) in [5.41, 5.74) is 2.93. The molecule has 0 aliphatic carbocycles. The SMILES string of the molecule is CCCCCOc1ccc(C2c3c(oc4cc(C)c(Cl)cc4c3=O)C(=O)N2CCc2ccc(OC)cc2)cc1OCC. The third-order valence-electron chi connectivity index (χ3n) is 7.64. The zero-order valence-corrected chi connectivity index (χ0v) is 25.3. The number of hydrogen-bond donors (Lipinski definition) is 0. The van der Waals surface area contributed by atoms with Gasteiger partial charge in [0.25, 0.3) is 5.91 Å². The van der Waals surface area contributed by atoms with E-state index in [0.717, 1.165) is 41.7 Å². The van der Waals surface area contributed by atoms with Gasteiger partial charge in [-0.25, -0.2) is 0 Å². The summed E-state index contributed by atoms with van der Waals surface area (Å²) < 4.78 is 23.4. The molecule has 42 heavy (non-hydrogen) atoms. The van der Waals surface area contributed by atoms with E-state index in [4.69, 9.17) is 30.2 Å². The lowest BCUT2D eigenvalue weighted by Gasteiger charge is -2.26. The molecule has 1 unspecified atom stereocenters. The van der Waals surface area contributed by atoms with Gasteiger partial charge >= 0.3 is 0 Å². The van der Waals surface area contributed by atoms with Gasteiger partial charge in [0.1, 0.15) is 11.3 Å². The molecule has 0 spiro atoms. The first kappa shape index (κ1) is 29.5. The Morgan fingerprint density at radius 1 is 0.952 bits per heavy atom. The maximum Gasteiger partial charge on any atom is 0.290 e. The Labute approximate surface area is 250 Å². The molecular formula is C34H36ClNO6. The number of ether oxygens (including phenoxy) is 3. The van der Waals surface area contributed by atoms with Crippen molar-refractivity contribution in [3.8, 4) is 17.2 Å². The Kier molecular flexibility index (Phi) is 9.07. The van der Waals surface area contributed by atoms with Crippen molar-refractivity contribution in [3.05, 3.63) is 97.9 Å². The predicted molar refractivity (Wildman–Crippen MR) is 164 cm³/mol. The molecule has 0 radical (unpaired) electrons. The minimum atomic E-state index is -0.667. The average molecular weight is 590 g/mol. The molecular weight excluding hydrogens is 554 g/mol. The molecule has 0 fully saturated rings. The molecule has 5 rings (SSSR count). The Bertz CT molecular complexity index is 1650. The smallest absolute Gasteiger partial charge is 0.290 e. The summed E-state index contributed by atoms with van der Waals surface area (Å²) in [4.78, 5) is 29.6. The molecule has 2 heterocycles. The van der Waals surface area contributed by atoms with Crippen LogP contribution >= 0.6 is 11.6 Å². The van der Waals surface area contributed by atoms with E-state index in [2.05, 4.69) is 6.92 Å². The first-order valence-corrected chi connectivity index (χ1v) is 14.8. The lowest BCUT2D eigenvalue weighted by Crippen LogP contribution is -2.31. The fourth-order valence-corrected chi connectivity index (χ4v) is 5.54. The van der Waals surface area contributed by atoms with Crippen molar-refractivity contribution in [2.75, 3.05) is 26.9 Å². The van der Waals surface area contributed by atoms with Crippen LogP contribution in [-0.2, 0) is 6.42 Å². The molecule has 1 amide bonds. The molecule has 4 aromatic rings. The number of benzene rings is 3. The highest BCUT2D eigenvalue weighted by Crippen LogP contribution is 2.41. The van der Waals surface area contributed by atoms with Crippen LogP contribution in [0, 0.1) is 6.92 Å². The quantitative estimate of drug-likeness (QED) is 0.159. The molecule has 8 heteroatoms. The standard InChI is InChI=1S/C34H36ClNO6/c1-5-7-8-17-41-27-14-11-23(19-29(27)40-6-2)31-30-32(37)25-20-26(35)21(3)18-28(25)42-33(30)34(38)36(31)16-15-22-9-12-24(39-4)13-10-22/h9-14,18-20,31H,5-8,15-17H2,1-4H3. The number of fused-ring (bicyclic) bond motifs is 2. The molecule has 3 aromatic carbocycles. The van der Waals surface area contributed by atoms with Crippen LogP contribution in [0.4, 0.5) is 0 Å². The Balaban J connectivity index is 1.58. The van der Waals surface area contributed by atoms with Gasteiger partial charge in [-0.15, -0.1) is 0 Å². The number of unbranched alkanes of at least 4 members (excludes halogenated alkanes) is 2. The molecule has 7 nitrogen and oxygen atoms in total. The van der Waals surface area contributed by atoms with Crippen molar-refractivity contribution < 1.29 is 23.4 Å². The van der Waals surface area contributed by atoms with Crippen LogP contribution in [0.2, 0.25) is 5.02 Å². The minimum Gasteiger partial charge on any atom is -0.497 e. The summed E-state index contributed by atoms with van der Waals surface area (Å²) >= 11 is 6.40. The topological polar surface area (TPSA) is 78.2 Å². The van der Waals surface area contributed by atoms with E-state index in [0.29, 0.717) is 59.2 Å². The molecule has 0 saturated heterocycles. The van der Waals surface area contributed by atoms with E-state index in [1.807, 2.05) is 56.3 Å². The van der Waals surface area contributed by atoms with E-state index >= 15 is 0 Å². The number of nitrogens with zero attached hydrogens (tertiary/aromatic N) is 1. The van der Waals surface area contributed by atoms with Crippen molar-refractivity contribution in [1.82, 2.24) is 4.90 Å².